The van der Waals surface area contributed by atoms with Gasteiger partial charge in [-0.3, -0.25) is 0 Å². The summed E-state index contributed by atoms with van der Waals surface area (Å²) in [4.78, 5) is 3.07. The van der Waals surface area contributed by atoms with E-state index < -0.39 is 0 Å². The molecule has 3 nitrogen and oxygen atoms in total. The van der Waals surface area contributed by atoms with E-state index in [9.17, 15) is 4.39 Å². The molecule has 1 atom stereocenters. The molecule has 0 saturated carbocycles. The molecule has 1 saturated heterocycles. The van der Waals surface area contributed by atoms with Crippen molar-refractivity contribution in [1.29, 1.82) is 0 Å². The molecule has 1 unspecified atom stereocenters. The topological polar surface area (TPSA) is 29.9 Å². The maximum absolute atomic E-state index is 13.6. The molecular formula is C14H17FN2OS. The van der Waals surface area contributed by atoms with Gasteiger partial charge in [0.05, 0.1) is 23.2 Å². The Morgan fingerprint density at radius 1 is 1.53 bits per heavy atom. The summed E-state index contributed by atoms with van der Waals surface area (Å²) in [5.41, 5.74) is 2.15. The average molecular weight is 280 g/mol. The van der Waals surface area contributed by atoms with E-state index in [1.54, 1.807) is 6.92 Å². The quantitative estimate of drug-likeness (QED) is 0.850. The molecule has 5 heteroatoms. The molecule has 1 aliphatic rings. The minimum atomic E-state index is -0.209. The zero-order valence-corrected chi connectivity index (χ0v) is 11.9. The number of fused-ring (bicyclic) bond motifs is 1. The number of aromatic amines is 1. The van der Waals surface area contributed by atoms with Crippen molar-refractivity contribution in [2.24, 2.45) is 0 Å². The number of imidazole rings is 1. The molecule has 0 radical (unpaired) electrons. The highest BCUT2D eigenvalue weighted by atomic mass is 32.1. The van der Waals surface area contributed by atoms with Crippen LogP contribution in [-0.4, -0.2) is 21.8 Å². The summed E-state index contributed by atoms with van der Waals surface area (Å²) in [6.45, 7) is 5.39. The van der Waals surface area contributed by atoms with Crippen molar-refractivity contribution in [3.05, 3.63) is 28.3 Å². The highest BCUT2D eigenvalue weighted by Crippen LogP contribution is 2.29. The van der Waals surface area contributed by atoms with Gasteiger partial charge in [0.2, 0.25) is 0 Å². The Labute approximate surface area is 116 Å². The number of nitrogens with zero attached hydrogens (tertiary/aromatic N) is 1. The Balaban J connectivity index is 2.10. The van der Waals surface area contributed by atoms with Crippen molar-refractivity contribution in [3.63, 3.8) is 0 Å². The fourth-order valence-corrected chi connectivity index (χ4v) is 3.01. The second kappa shape index (κ2) is 4.42. The third-order valence-electron chi connectivity index (χ3n) is 3.85. The molecule has 1 N–H and O–H groups in total. The molecule has 0 amide bonds. The van der Waals surface area contributed by atoms with Gasteiger partial charge in [-0.25, -0.2) is 4.39 Å². The number of nitrogens with one attached hydrogen (secondary N) is 1. The van der Waals surface area contributed by atoms with Crippen molar-refractivity contribution < 1.29 is 9.13 Å². The summed E-state index contributed by atoms with van der Waals surface area (Å²) < 4.78 is 22.0. The van der Waals surface area contributed by atoms with Crippen molar-refractivity contribution >= 4 is 23.3 Å². The number of aromatic nitrogens is 2. The third kappa shape index (κ3) is 2.21. The minimum absolute atomic E-state index is 0.171. The van der Waals surface area contributed by atoms with Crippen molar-refractivity contribution in [2.75, 3.05) is 6.61 Å². The van der Waals surface area contributed by atoms with E-state index in [0.29, 0.717) is 16.9 Å². The van der Waals surface area contributed by atoms with Crippen LogP contribution in [0.1, 0.15) is 25.3 Å². The number of H-pyrrole nitrogens is 1. The summed E-state index contributed by atoms with van der Waals surface area (Å²) in [6, 6.07) is 3.35. The first-order chi connectivity index (χ1) is 8.98. The lowest BCUT2D eigenvalue weighted by molar-refractivity contribution is 0.00679. The van der Waals surface area contributed by atoms with Gasteiger partial charge in [-0.05, 0) is 56.6 Å². The number of aryl methyl sites for hydroxylation is 1. The lowest BCUT2D eigenvalue weighted by Gasteiger charge is -2.24. The van der Waals surface area contributed by atoms with E-state index in [0.717, 1.165) is 30.5 Å². The Hall–Kier alpha value is -1.20. The second-order valence-electron chi connectivity index (χ2n) is 5.54. The van der Waals surface area contributed by atoms with E-state index >= 15 is 0 Å². The van der Waals surface area contributed by atoms with Gasteiger partial charge in [-0.1, -0.05) is 0 Å². The molecule has 2 heterocycles. The largest absolute Gasteiger partial charge is 0.373 e. The number of ether oxygens (including phenoxy) is 1. The van der Waals surface area contributed by atoms with Crippen LogP contribution in [0.5, 0.6) is 0 Å². The highest BCUT2D eigenvalue weighted by Gasteiger charge is 2.31. The predicted molar refractivity (Wildman–Crippen MR) is 75.4 cm³/mol. The molecule has 3 rings (SSSR count). The lowest BCUT2D eigenvalue weighted by atomic mass is 10.0. The first-order valence-electron chi connectivity index (χ1n) is 6.51. The second-order valence-corrected chi connectivity index (χ2v) is 5.92. The van der Waals surface area contributed by atoms with Gasteiger partial charge in [0.1, 0.15) is 5.82 Å². The fourth-order valence-electron chi connectivity index (χ4n) is 2.73. The van der Waals surface area contributed by atoms with E-state index in [2.05, 4.69) is 11.9 Å². The van der Waals surface area contributed by atoms with Crippen molar-refractivity contribution in [2.45, 2.75) is 38.8 Å². The number of hydrogen-bond acceptors (Lipinski definition) is 2. The molecule has 0 bridgehead atoms. The number of benzene rings is 1. The third-order valence-corrected chi connectivity index (χ3v) is 4.17. The Kier molecular flexibility index (Phi) is 2.98. The molecular weight excluding hydrogens is 263 g/mol. The van der Waals surface area contributed by atoms with Crippen molar-refractivity contribution in [3.8, 4) is 0 Å². The molecule has 19 heavy (non-hydrogen) atoms. The standard InChI is InChI=1S/C14H17FN2OS/c1-9-6-12-11(7-10(9)15)16-13(19)17(12)8-14(2)4-3-5-18-14/h6-7H,3-5,8H2,1-2H3,(H,16,19). The molecule has 2 aromatic rings. The molecule has 0 aliphatic carbocycles. The summed E-state index contributed by atoms with van der Waals surface area (Å²) in [6.07, 6.45) is 2.11. The van der Waals surface area contributed by atoms with Crippen LogP contribution in [0.25, 0.3) is 11.0 Å². The molecule has 1 aromatic carbocycles. The monoisotopic (exact) mass is 280 g/mol. The predicted octanol–water partition coefficient (Wildman–Crippen LogP) is 3.72. The first-order valence-corrected chi connectivity index (χ1v) is 6.92. The van der Waals surface area contributed by atoms with Crippen LogP contribution < -0.4 is 0 Å². The van der Waals surface area contributed by atoms with E-state index in [1.807, 2.05) is 10.6 Å². The number of hydrogen-bond donors (Lipinski definition) is 1. The lowest BCUT2D eigenvalue weighted by Crippen LogP contribution is -2.29. The molecule has 102 valence electrons. The van der Waals surface area contributed by atoms with Gasteiger partial charge in [0, 0.05) is 6.61 Å². The van der Waals surface area contributed by atoms with E-state index in [-0.39, 0.29) is 11.4 Å². The maximum atomic E-state index is 13.6. The smallest absolute Gasteiger partial charge is 0.178 e. The van der Waals surface area contributed by atoms with Gasteiger partial charge in [0.25, 0.3) is 0 Å². The maximum Gasteiger partial charge on any atom is 0.178 e. The van der Waals surface area contributed by atoms with Gasteiger partial charge in [-0.15, -0.1) is 0 Å². The van der Waals surface area contributed by atoms with Crippen LogP contribution in [0.15, 0.2) is 12.1 Å². The van der Waals surface area contributed by atoms with Gasteiger partial charge in [-0.2, -0.15) is 0 Å². The molecule has 1 aliphatic heterocycles. The molecule has 0 spiro atoms. The summed E-state index contributed by atoms with van der Waals surface area (Å²) in [7, 11) is 0. The Morgan fingerprint density at radius 2 is 2.32 bits per heavy atom. The number of rotatable bonds is 2. The zero-order valence-electron chi connectivity index (χ0n) is 11.1. The Bertz CT molecular complexity index is 683. The van der Waals surface area contributed by atoms with Crippen molar-refractivity contribution in [1.82, 2.24) is 9.55 Å². The SMILES string of the molecule is Cc1cc2c(cc1F)[nH]c(=S)n2CC1(C)CCCO1. The Morgan fingerprint density at radius 3 is 3.00 bits per heavy atom. The number of halogens is 1. The van der Waals surface area contributed by atoms with Crippen LogP contribution in [0.2, 0.25) is 0 Å². The van der Waals surface area contributed by atoms with Gasteiger partial charge >= 0.3 is 0 Å². The van der Waals surface area contributed by atoms with E-state index in [4.69, 9.17) is 17.0 Å². The van der Waals surface area contributed by atoms with E-state index in [1.165, 1.54) is 6.07 Å². The average Bonchev–Trinajstić information content (AvgIpc) is 2.88. The summed E-state index contributed by atoms with van der Waals surface area (Å²) >= 11 is 5.35. The first kappa shape index (κ1) is 12.8. The van der Waals surface area contributed by atoms with Gasteiger partial charge in [0.15, 0.2) is 4.77 Å². The normalized spacial score (nSPS) is 23.3. The van der Waals surface area contributed by atoms with Gasteiger partial charge < -0.3 is 14.3 Å². The summed E-state index contributed by atoms with van der Waals surface area (Å²) in [5, 5.41) is 0. The van der Waals surface area contributed by atoms with Crippen LogP contribution in [-0.2, 0) is 11.3 Å². The highest BCUT2D eigenvalue weighted by molar-refractivity contribution is 7.71. The van der Waals surface area contributed by atoms with Crippen LogP contribution in [0.3, 0.4) is 0 Å². The van der Waals surface area contributed by atoms with Crippen LogP contribution in [0.4, 0.5) is 4.39 Å². The minimum Gasteiger partial charge on any atom is -0.373 e. The molecule has 1 aromatic heterocycles. The van der Waals surface area contributed by atoms with Crippen LogP contribution >= 0.6 is 12.2 Å². The molecule has 1 fully saturated rings. The zero-order chi connectivity index (χ0) is 13.6. The fraction of sp³-hybridized carbons (Fsp3) is 0.500. The summed E-state index contributed by atoms with van der Waals surface area (Å²) in [5.74, 6) is -0.209. The van der Waals surface area contributed by atoms with Crippen LogP contribution in [0, 0.1) is 17.5 Å².